The third kappa shape index (κ3) is 2.01. The van der Waals surface area contributed by atoms with Gasteiger partial charge in [0.15, 0.2) is 0 Å². The molecule has 0 unspecified atom stereocenters. The third-order valence-corrected chi connectivity index (χ3v) is 3.70. The molecule has 2 nitrogen and oxygen atoms in total. The Kier molecular flexibility index (Phi) is 2.82. The van der Waals surface area contributed by atoms with Crippen LogP contribution in [0.25, 0.3) is 0 Å². The van der Waals surface area contributed by atoms with Crippen LogP contribution in [0.3, 0.4) is 0 Å². The molecule has 1 N–H and O–H groups in total. The number of hydrogen-bond acceptors (Lipinski definition) is 3. The van der Waals surface area contributed by atoms with E-state index >= 15 is 0 Å². The normalized spacial score (nSPS) is 24.8. The topological polar surface area (TPSA) is 24.4 Å². The quantitative estimate of drug-likeness (QED) is 0.750. The molecule has 1 aliphatic heterocycles. The Morgan fingerprint density at radius 3 is 2.92 bits per heavy atom. The van der Waals surface area contributed by atoms with Crippen molar-refractivity contribution < 1.29 is 0 Å². The molecule has 13 heavy (non-hydrogen) atoms. The molecule has 1 spiro atoms. The Bertz CT molecular complexity index is 207. The molecule has 2 rings (SSSR count). The maximum absolute atomic E-state index is 4.60. The first kappa shape index (κ1) is 9.38. The molecule has 0 aromatic carbocycles. The van der Waals surface area contributed by atoms with E-state index in [0.717, 1.165) is 13.0 Å². The minimum atomic E-state index is 0.397. The van der Waals surface area contributed by atoms with Crippen LogP contribution in [0.15, 0.2) is 4.99 Å². The Balaban J connectivity index is 1.84. The van der Waals surface area contributed by atoms with Crippen molar-refractivity contribution in [3.8, 4) is 0 Å². The predicted molar refractivity (Wildman–Crippen MR) is 59.6 cm³/mol. The fourth-order valence-electron chi connectivity index (χ4n) is 2.31. The van der Waals surface area contributed by atoms with Gasteiger partial charge in [-0.2, -0.15) is 11.8 Å². The van der Waals surface area contributed by atoms with E-state index in [1.54, 1.807) is 0 Å². The molecule has 0 aromatic rings. The first-order valence-electron chi connectivity index (χ1n) is 5.15. The molecule has 1 heterocycles. The highest BCUT2D eigenvalue weighted by Crippen LogP contribution is 2.32. The molecule has 0 atom stereocenters. The van der Waals surface area contributed by atoms with Crippen molar-refractivity contribution in [1.29, 1.82) is 0 Å². The lowest BCUT2D eigenvalue weighted by Gasteiger charge is -2.23. The van der Waals surface area contributed by atoms with Gasteiger partial charge in [-0.25, -0.2) is 0 Å². The summed E-state index contributed by atoms with van der Waals surface area (Å²) in [6.45, 7) is 1.04. The fourth-order valence-corrected chi connectivity index (χ4v) is 2.70. The minimum absolute atomic E-state index is 0.397. The maximum Gasteiger partial charge on any atom is 0.0977 e. The molecule has 0 aromatic heterocycles. The van der Waals surface area contributed by atoms with Crippen molar-refractivity contribution in [3.05, 3.63) is 0 Å². The molecule has 0 amide bonds. The van der Waals surface area contributed by atoms with Crippen molar-refractivity contribution in [2.24, 2.45) is 4.99 Å². The van der Waals surface area contributed by atoms with Crippen LogP contribution in [0.2, 0.25) is 0 Å². The Morgan fingerprint density at radius 2 is 2.23 bits per heavy atom. The zero-order chi connectivity index (χ0) is 9.15. The number of aliphatic imine (C=N–C) groups is 1. The summed E-state index contributed by atoms with van der Waals surface area (Å²) in [6, 6.07) is 0. The highest BCUT2D eigenvalue weighted by Gasteiger charge is 2.37. The summed E-state index contributed by atoms with van der Waals surface area (Å²) in [4.78, 5) is 4.60. The summed E-state index contributed by atoms with van der Waals surface area (Å²) in [5, 5.41) is 3.64. The van der Waals surface area contributed by atoms with Crippen LogP contribution in [0.1, 0.15) is 32.1 Å². The lowest BCUT2D eigenvalue weighted by molar-refractivity contribution is 0.426. The average molecular weight is 198 g/mol. The monoisotopic (exact) mass is 198 g/mol. The molecule has 0 bridgehead atoms. The zero-order valence-electron chi connectivity index (χ0n) is 8.31. The first-order chi connectivity index (χ1) is 6.35. The van der Waals surface area contributed by atoms with Crippen molar-refractivity contribution in [1.82, 2.24) is 5.32 Å². The van der Waals surface area contributed by atoms with Crippen LogP contribution in [-0.4, -0.2) is 29.9 Å². The van der Waals surface area contributed by atoms with E-state index in [4.69, 9.17) is 0 Å². The van der Waals surface area contributed by atoms with Crippen LogP contribution in [-0.2, 0) is 0 Å². The molecule has 74 valence electrons. The summed E-state index contributed by atoms with van der Waals surface area (Å²) < 4.78 is 0. The minimum Gasteiger partial charge on any atom is -0.367 e. The van der Waals surface area contributed by atoms with Gasteiger partial charge in [0.05, 0.1) is 17.9 Å². The second kappa shape index (κ2) is 3.91. The van der Waals surface area contributed by atoms with E-state index in [-0.39, 0.29) is 0 Å². The standard InChI is InChI=1S/C10H18N2S/c1-13-7-4-9-11-8-10(12-9)5-2-3-6-10/h2-8H2,1H3,(H,11,12). The molecular weight excluding hydrogens is 180 g/mol. The second-order valence-corrected chi connectivity index (χ2v) is 5.10. The smallest absolute Gasteiger partial charge is 0.0977 e. The van der Waals surface area contributed by atoms with Gasteiger partial charge >= 0.3 is 0 Å². The van der Waals surface area contributed by atoms with E-state index in [0.29, 0.717) is 5.54 Å². The van der Waals surface area contributed by atoms with Crippen LogP contribution in [0.5, 0.6) is 0 Å². The first-order valence-corrected chi connectivity index (χ1v) is 6.54. The van der Waals surface area contributed by atoms with E-state index in [1.165, 1.54) is 37.3 Å². The highest BCUT2D eigenvalue weighted by atomic mass is 32.2. The van der Waals surface area contributed by atoms with Gasteiger partial charge in [-0.1, -0.05) is 12.8 Å². The van der Waals surface area contributed by atoms with Gasteiger partial charge in [0.1, 0.15) is 0 Å². The molecule has 0 radical (unpaired) electrons. The number of hydrogen-bond donors (Lipinski definition) is 1. The van der Waals surface area contributed by atoms with Gasteiger partial charge in [0.25, 0.3) is 0 Å². The van der Waals surface area contributed by atoms with Crippen LogP contribution in [0.4, 0.5) is 0 Å². The molecule has 1 saturated carbocycles. The summed E-state index contributed by atoms with van der Waals surface area (Å²) in [5.41, 5.74) is 0.397. The van der Waals surface area contributed by atoms with Gasteiger partial charge in [0.2, 0.25) is 0 Å². The fraction of sp³-hybridized carbons (Fsp3) is 0.900. The molecule has 3 heteroatoms. The van der Waals surface area contributed by atoms with Crippen LogP contribution < -0.4 is 5.32 Å². The summed E-state index contributed by atoms with van der Waals surface area (Å²) in [5.74, 6) is 2.46. The lowest BCUT2D eigenvalue weighted by Crippen LogP contribution is -2.43. The Morgan fingerprint density at radius 1 is 1.46 bits per heavy atom. The van der Waals surface area contributed by atoms with Crippen molar-refractivity contribution in [2.75, 3.05) is 18.6 Å². The molecule has 1 aliphatic carbocycles. The van der Waals surface area contributed by atoms with Crippen molar-refractivity contribution >= 4 is 17.6 Å². The lowest BCUT2D eigenvalue weighted by atomic mass is 9.99. The summed E-state index contributed by atoms with van der Waals surface area (Å²) >= 11 is 1.90. The number of nitrogens with zero attached hydrogens (tertiary/aromatic N) is 1. The van der Waals surface area contributed by atoms with E-state index < -0.39 is 0 Å². The number of rotatable bonds is 3. The maximum atomic E-state index is 4.60. The van der Waals surface area contributed by atoms with Gasteiger partial charge in [-0.15, -0.1) is 0 Å². The van der Waals surface area contributed by atoms with Gasteiger partial charge < -0.3 is 5.32 Å². The molecule has 1 fully saturated rings. The molecule has 0 saturated heterocycles. The predicted octanol–water partition coefficient (Wildman–Crippen LogP) is 2.05. The number of amidine groups is 1. The highest BCUT2D eigenvalue weighted by molar-refractivity contribution is 7.98. The third-order valence-electron chi connectivity index (χ3n) is 3.09. The van der Waals surface area contributed by atoms with Crippen LogP contribution in [0, 0.1) is 0 Å². The number of nitrogens with one attached hydrogen (secondary N) is 1. The van der Waals surface area contributed by atoms with Crippen molar-refractivity contribution in [3.63, 3.8) is 0 Å². The van der Waals surface area contributed by atoms with E-state index in [9.17, 15) is 0 Å². The van der Waals surface area contributed by atoms with E-state index in [1.807, 2.05) is 11.8 Å². The Hall–Kier alpha value is -0.180. The number of thioether (sulfide) groups is 1. The summed E-state index contributed by atoms with van der Waals surface area (Å²) in [7, 11) is 0. The Labute approximate surface area is 84.6 Å². The SMILES string of the molecule is CSCCC1=NCC2(CCCC2)N1. The molecule has 2 aliphatic rings. The van der Waals surface area contributed by atoms with Crippen molar-refractivity contribution in [2.45, 2.75) is 37.6 Å². The largest absolute Gasteiger partial charge is 0.367 e. The molecular formula is C10H18N2S. The van der Waals surface area contributed by atoms with Crippen LogP contribution >= 0.6 is 11.8 Å². The zero-order valence-corrected chi connectivity index (χ0v) is 9.12. The van der Waals surface area contributed by atoms with Gasteiger partial charge in [0, 0.05) is 6.42 Å². The second-order valence-electron chi connectivity index (χ2n) is 4.12. The van der Waals surface area contributed by atoms with Gasteiger partial charge in [-0.3, -0.25) is 4.99 Å². The van der Waals surface area contributed by atoms with Gasteiger partial charge in [-0.05, 0) is 24.9 Å². The summed E-state index contributed by atoms with van der Waals surface area (Å²) in [6.07, 6.45) is 8.72. The average Bonchev–Trinajstić information content (AvgIpc) is 2.74. The van der Waals surface area contributed by atoms with E-state index in [2.05, 4.69) is 16.6 Å².